The van der Waals surface area contributed by atoms with Gasteiger partial charge < -0.3 is 23.5 Å². The number of hydrogen-bond acceptors (Lipinski definition) is 9. The van der Waals surface area contributed by atoms with Crippen molar-refractivity contribution in [2.45, 2.75) is 11.8 Å². The fourth-order valence-electron chi connectivity index (χ4n) is 4.98. The average molecular weight is 548 g/mol. The van der Waals surface area contributed by atoms with Gasteiger partial charge in [-0.3, -0.25) is 13.9 Å². The van der Waals surface area contributed by atoms with Gasteiger partial charge in [-0.25, -0.2) is 9.78 Å². The quantitative estimate of drug-likeness (QED) is 0.285. The maximum absolute atomic E-state index is 13.3. The first-order chi connectivity index (χ1) is 18.9. The molecule has 1 fully saturated rings. The molecule has 1 saturated heterocycles. The second-order valence-electron chi connectivity index (χ2n) is 9.41. The first-order valence-corrected chi connectivity index (χ1v) is 13.7. The molecule has 202 valence electrons. The van der Waals surface area contributed by atoms with Gasteiger partial charge in [0.15, 0.2) is 16.7 Å². The van der Waals surface area contributed by atoms with E-state index in [4.69, 9.17) is 14.1 Å². The average Bonchev–Trinajstić information content (AvgIpc) is 3.57. The highest BCUT2D eigenvalue weighted by Gasteiger charge is 2.26. The molecule has 1 aliphatic heterocycles. The van der Waals surface area contributed by atoms with E-state index in [2.05, 4.69) is 26.9 Å². The molecule has 3 aromatic heterocycles. The number of piperazine rings is 1. The molecular formula is C27H29N7O4S. The van der Waals surface area contributed by atoms with Crippen molar-refractivity contribution in [1.82, 2.24) is 23.7 Å². The number of anilines is 2. The van der Waals surface area contributed by atoms with Crippen molar-refractivity contribution in [2.24, 2.45) is 14.1 Å². The van der Waals surface area contributed by atoms with E-state index in [1.165, 1.54) is 23.4 Å². The maximum atomic E-state index is 13.3. The summed E-state index contributed by atoms with van der Waals surface area (Å²) in [5.41, 5.74) is 2.76. The number of imidazole rings is 1. The number of nitrogens with zero attached hydrogens (tertiary/aromatic N) is 7. The van der Waals surface area contributed by atoms with Gasteiger partial charge in [0, 0.05) is 58.3 Å². The molecule has 0 bridgehead atoms. The van der Waals surface area contributed by atoms with Crippen LogP contribution in [0.4, 0.5) is 11.6 Å². The van der Waals surface area contributed by atoms with Crippen LogP contribution in [0.25, 0.3) is 22.3 Å². The topological polar surface area (TPSA) is 104 Å². The molecule has 0 saturated carbocycles. The van der Waals surface area contributed by atoms with Crippen LogP contribution in [0.5, 0.6) is 5.75 Å². The second kappa shape index (κ2) is 10.2. The number of para-hydroxylation sites is 2. The number of ether oxygens (including phenoxy) is 1. The van der Waals surface area contributed by atoms with Crippen LogP contribution in [0, 0.1) is 0 Å². The lowest BCUT2D eigenvalue weighted by Crippen LogP contribution is -2.47. The summed E-state index contributed by atoms with van der Waals surface area (Å²) in [6, 6.07) is 15.7. The summed E-state index contributed by atoms with van der Waals surface area (Å²) in [6.45, 7) is 3.54. The van der Waals surface area contributed by atoms with E-state index in [1.807, 2.05) is 41.0 Å². The van der Waals surface area contributed by atoms with Gasteiger partial charge in [0.2, 0.25) is 5.95 Å². The van der Waals surface area contributed by atoms with Crippen LogP contribution in [0.1, 0.15) is 0 Å². The lowest BCUT2D eigenvalue weighted by Gasteiger charge is -2.36. The van der Waals surface area contributed by atoms with Crippen molar-refractivity contribution in [3.8, 4) is 5.75 Å². The normalized spacial score (nSPS) is 14.0. The van der Waals surface area contributed by atoms with Crippen LogP contribution in [-0.2, 0) is 20.6 Å². The predicted molar refractivity (Wildman–Crippen MR) is 152 cm³/mol. The van der Waals surface area contributed by atoms with Gasteiger partial charge in [-0.15, -0.1) is 0 Å². The summed E-state index contributed by atoms with van der Waals surface area (Å²) in [4.78, 5) is 39.8. The fraction of sp³-hybridized carbons (Fsp3) is 0.333. The summed E-state index contributed by atoms with van der Waals surface area (Å²) >= 11 is 1.49. The number of hydrogen-bond donors (Lipinski definition) is 0. The monoisotopic (exact) mass is 547 g/mol. The first kappa shape index (κ1) is 25.1. The molecule has 11 nitrogen and oxygen atoms in total. The molecular weight excluding hydrogens is 518 g/mol. The number of aryl methyl sites for hydroxylation is 2. The Bertz CT molecular complexity index is 1730. The van der Waals surface area contributed by atoms with Crippen molar-refractivity contribution in [3.63, 3.8) is 0 Å². The number of methoxy groups -OCH3 is 1. The molecule has 0 atom stereocenters. The molecule has 6 rings (SSSR count). The summed E-state index contributed by atoms with van der Waals surface area (Å²) in [7, 11) is 4.82. The van der Waals surface area contributed by atoms with E-state index >= 15 is 0 Å². The van der Waals surface area contributed by atoms with E-state index in [0.717, 1.165) is 53.3 Å². The van der Waals surface area contributed by atoms with E-state index in [0.29, 0.717) is 34.6 Å². The molecule has 0 aliphatic carbocycles. The minimum absolute atomic E-state index is 0.351. The Morgan fingerprint density at radius 1 is 0.923 bits per heavy atom. The number of rotatable bonds is 7. The van der Waals surface area contributed by atoms with E-state index in [1.54, 1.807) is 14.2 Å². The van der Waals surface area contributed by atoms with Crippen molar-refractivity contribution < 1.29 is 9.15 Å². The zero-order valence-corrected chi connectivity index (χ0v) is 22.8. The molecule has 2 aromatic carbocycles. The molecule has 0 unspecified atom stereocenters. The molecule has 12 heteroatoms. The van der Waals surface area contributed by atoms with Crippen LogP contribution in [0.3, 0.4) is 0 Å². The zero-order valence-electron chi connectivity index (χ0n) is 22.0. The number of benzene rings is 2. The van der Waals surface area contributed by atoms with Crippen molar-refractivity contribution in [2.75, 3.05) is 48.8 Å². The molecule has 0 N–H and O–H groups in total. The Kier molecular flexibility index (Phi) is 6.55. The zero-order chi connectivity index (χ0) is 27.1. The molecule has 4 heterocycles. The smallest absolute Gasteiger partial charge is 0.332 e. The summed E-state index contributed by atoms with van der Waals surface area (Å²) in [5.74, 6) is 2.13. The Labute approximate surface area is 228 Å². The van der Waals surface area contributed by atoms with Crippen LogP contribution >= 0.6 is 11.8 Å². The second-order valence-corrected chi connectivity index (χ2v) is 10.5. The van der Waals surface area contributed by atoms with Crippen LogP contribution < -0.4 is 25.8 Å². The Morgan fingerprint density at radius 2 is 1.64 bits per heavy atom. The van der Waals surface area contributed by atoms with Gasteiger partial charge in [0.05, 0.1) is 7.11 Å². The Morgan fingerprint density at radius 3 is 2.36 bits per heavy atom. The highest BCUT2D eigenvalue weighted by Crippen LogP contribution is 2.27. The molecule has 5 aromatic rings. The third kappa shape index (κ3) is 4.54. The van der Waals surface area contributed by atoms with Crippen molar-refractivity contribution in [3.05, 3.63) is 69.4 Å². The van der Waals surface area contributed by atoms with E-state index in [9.17, 15) is 9.59 Å². The third-order valence-corrected chi connectivity index (χ3v) is 7.95. The number of oxazole rings is 1. The van der Waals surface area contributed by atoms with E-state index in [-0.39, 0.29) is 5.56 Å². The number of thioether (sulfide) groups is 1. The fourth-order valence-corrected chi connectivity index (χ4v) is 5.74. The highest BCUT2D eigenvalue weighted by atomic mass is 32.2. The van der Waals surface area contributed by atoms with Gasteiger partial charge in [0.25, 0.3) is 10.8 Å². The van der Waals surface area contributed by atoms with Crippen LogP contribution in [-0.4, -0.2) is 62.7 Å². The largest absolute Gasteiger partial charge is 0.497 e. The molecule has 0 radical (unpaired) electrons. The van der Waals surface area contributed by atoms with Gasteiger partial charge >= 0.3 is 5.69 Å². The Hall–Kier alpha value is -4.19. The summed E-state index contributed by atoms with van der Waals surface area (Å²) in [6.07, 6.45) is 0. The Balaban J connectivity index is 1.28. The van der Waals surface area contributed by atoms with Gasteiger partial charge in [-0.2, -0.15) is 4.98 Å². The lowest BCUT2D eigenvalue weighted by atomic mass is 10.2. The predicted octanol–water partition coefficient (Wildman–Crippen LogP) is 2.70. The minimum atomic E-state index is -0.395. The molecule has 1 aliphatic rings. The molecule has 39 heavy (non-hydrogen) atoms. The van der Waals surface area contributed by atoms with Gasteiger partial charge in [-0.05, 0) is 36.4 Å². The van der Waals surface area contributed by atoms with Gasteiger partial charge in [-0.1, -0.05) is 23.9 Å². The van der Waals surface area contributed by atoms with Crippen molar-refractivity contribution >= 4 is 45.7 Å². The van der Waals surface area contributed by atoms with E-state index < -0.39 is 5.69 Å². The minimum Gasteiger partial charge on any atom is -0.497 e. The molecule has 0 spiro atoms. The molecule has 0 amide bonds. The highest BCUT2D eigenvalue weighted by molar-refractivity contribution is 7.99. The summed E-state index contributed by atoms with van der Waals surface area (Å²) < 4.78 is 15.7. The number of fused-ring (bicyclic) bond motifs is 2. The van der Waals surface area contributed by atoms with Gasteiger partial charge in [0.1, 0.15) is 11.3 Å². The summed E-state index contributed by atoms with van der Waals surface area (Å²) in [5, 5.41) is 0.579. The SMILES string of the molecule is COc1ccc(N2CCN(c3nc4c(c(=O)n(C)c(=O)n4C)n3CCSc3nc4ccccc4o3)CC2)cc1. The van der Waals surface area contributed by atoms with Crippen LogP contribution in [0.15, 0.2) is 67.8 Å². The van der Waals surface area contributed by atoms with Crippen LogP contribution in [0.2, 0.25) is 0 Å². The lowest BCUT2D eigenvalue weighted by molar-refractivity contribution is 0.415. The standard InChI is InChI=1S/C27H29N7O4S/c1-30-23-22(24(35)31(2)27(30)36)34(16-17-39-26-28-20-6-4-5-7-21(20)38-26)25(29-23)33-14-12-32(13-15-33)18-8-10-19(37-3)11-9-18/h4-11H,12-17H2,1-3H3. The third-order valence-electron chi connectivity index (χ3n) is 7.14. The van der Waals surface area contributed by atoms with Crippen molar-refractivity contribution in [1.29, 1.82) is 0 Å². The number of aromatic nitrogens is 5. The maximum Gasteiger partial charge on any atom is 0.332 e. The first-order valence-electron chi connectivity index (χ1n) is 12.7.